The number of aliphatic hydroxyl groups is 1. The zero-order valence-electron chi connectivity index (χ0n) is 15.1. The second-order valence-electron chi connectivity index (χ2n) is 7.32. The largest absolute Gasteiger partial charge is 0.461 e. The van der Waals surface area contributed by atoms with Crippen molar-refractivity contribution >= 4 is 29.2 Å². The van der Waals surface area contributed by atoms with Crippen LogP contribution in [0.15, 0.2) is 54.6 Å². The van der Waals surface area contributed by atoms with Crippen LogP contribution in [0.1, 0.15) is 19.4 Å². The molecule has 0 saturated heterocycles. The Hall–Kier alpha value is -1.75. The van der Waals surface area contributed by atoms with Crippen molar-refractivity contribution in [1.29, 1.82) is 0 Å². The third-order valence-electron chi connectivity index (χ3n) is 5.05. The number of carbonyl (C=O) groups excluding carboxylic acids is 1. The maximum absolute atomic E-state index is 12.5. The standard InChI is InChI=1S/C21H22Cl2O4/c1-21(2)16(18(24)19(22)23)17(21)20(25)26-12-13-7-6-10-15(11-13)27-14-8-4-3-5-9-14/h3-11,16-19,24H,12H2,1-2H3. The molecule has 3 rings (SSSR count). The second kappa shape index (κ2) is 8.09. The minimum absolute atomic E-state index is 0.130. The van der Waals surface area contributed by atoms with Crippen LogP contribution in [0.5, 0.6) is 11.5 Å². The third kappa shape index (κ3) is 4.57. The number of benzene rings is 2. The summed E-state index contributed by atoms with van der Waals surface area (Å²) in [5.41, 5.74) is 0.427. The highest BCUT2D eigenvalue weighted by atomic mass is 35.5. The van der Waals surface area contributed by atoms with Crippen molar-refractivity contribution in [2.75, 3.05) is 0 Å². The van der Waals surface area contributed by atoms with Gasteiger partial charge in [-0.2, -0.15) is 0 Å². The van der Waals surface area contributed by atoms with Gasteiger partial charge in [0.05, 0.1) is 12.0 Å². The van der Waals surface area contributed by atoms with E-state index in [1.807, 2.05) is 68.4 Å². The first-order chi connectivity index (χ1) is 12.8. The van der Waals surface area contributed by atoms with Gasteiger partial charge in [-0.25, -0.2) is 0 Å². The van der Waals surface area contributed by atoms with Crippen LogP contribution in [0.2, 0.25) is 0 Å². The number of para-hydroxylation sites is 1. The quantitative estimate of drug-likeness (QED) is 0.519. The fraction of sp³-hybridized carbons (Fsp3) is 0.381. The van der Waals surface area contributed by atoms with Crippen molar-refractivity contribution in [3.63, 3.8) is 0 Å². The fourth-order valence-electron chi connectivity index (χ4n) is 3.49. The van der Waals surface area contributed by atoms with Crippen molar-refractivity contribution in [1.82, 2.24) is 0 Å². The minimum Gasteiger partial charge on any atom is -0.461 e. The average Bonchev–Trinajstić information content (AvgIpc) is 3.22. The van der Waals surface area contributed by atoms with Crippen molar-refractivity contribution in [3.05, 3.63) is 60.2 Å². The highest BCUT2D eigenvalue weighted by Gasteiger charge is 2.66. The van der Waals surface area contributed by atoms with Gasteiger partial charge in [0.15, 0.2) is 0 Å². The van der Waals surface area contributed by atoms with Gasteiger partial charge in [0.25, 0.3) is 0 Å². The van der Waals surface area contributed by atoms with Gasteiger partial charge < -0.3 is 14.6 Å². The van der Waals surface area contributed by atoms with E-state index >= 15 is 0 Å². The van der Waals surface area contributed by atoms with Crippen molar-refractivity contribution in [3.8, 4) is 11.5 Å². The summed E-state index contributed by atoms with van der Waals surface area (Å²) >= 11 is 11.5. The molecule has 1 aliphatic rings. The summed E-state index contributed by atoms with van der Waals surface area (Å²) in [4.78, 5) is 11.5. The number of carbonyl (C=O) groups is 1. The molecular formula is C21H22Cl2O4. The molecule has 0 amide bonds. The number of hydrogen-bond donors (Lipinski definition) is 1. The molecule has 1 saturated carbocycles. The molecule has 1 aliphatic carbocycles. The summed E-state index contributed by atoms with van der Waals surface area (Å²) in [5.74, 6) is 0.322. The van der Waals surface area contributed by atoms with Crippen LogP contribution in [-0.2, 0) is 16.1 Å². The zero-order valence-corrected chi connectivity index (χ0v) is 16.7. The predicted molar refractivity (Wildman–Crippen MR) is 105 cm³/mol. The molecule has 1 N–H and O–H groups in total. The molecule has 27 heavy (non-hydrogen) atoms. The molecule has 1 fully saturated rings. The van der Waals surface area contributed by atoms with Gasteiger partial charge in [-0.15, -0.1) is 23.2 Å². The van der Waals surface area contributed by atoms with Gasteiger partial charge in [-0.3, -0.25) is 4.79 Å². The van der Waals surface area contributed by atoms with Crippen LogP contribution in [0.25, 0.3) is 0 Å². The first-order valence-electron chi connectivity index (χ1n) is 8.75. The Labute approximate surface area is 169 Å². The molecule has 3 atom stereocenters. The van der Waals surface area contributed by atoms with Crippen LogP contribution in [0, 0.1) is 17.3 Å². The Bertz CT molecular complexity index is 792. The fourth-order valence-corrected chi connectivity index (χ4v) is 3.80. The minimum atomic E-state index is -0.955. The molecule has 0 heterocycles. The topological polar surface area (TPSA) is 55.8 Å². The molecule has 2 aromatic carbocycles. The van der Waals surface area contributed by atoms with E-state index in [9.17, 15) is 9.90 Å². The average molecular weight is 409 g/mol. The Morgan fingerprint density at radius 1 is 1.11 bits per heavy atom. The maximum atomic E-state index is 12.5. The van der Waals surface area contributed by atoms with Gasteiger partial charge in [0, 0.05) is 5.92 Å². The summed E-state index contributed by atoms with van der Waals surface area (Å²) in [5, 5.41) is 10.1. The molecule has 0 bridgehead atoms. The van der Waals surface area contributed by atoms with Gasteiger partial charge in [-0.1, -0.05) is 44.2 Å². The highest BCUT2D eigenvalue weighted by Crippen LogP contribution is 2.61. The number of esters is 1. The van der Waals surface area contributed by atoms with Crippen LogP contribution in [-0.4, -0.2) is 22.0 Å². The number of hydrogen-bond acceptors (Lipinski definition) is 4. The number of rotatable bonds is 7. The van der Waals surface area contributed by atoms with Gasteiger partial charge in [0.1, 0.15) is 22.9 Å². The van der Waals surface area contributed by atoms with Crippen molar-refractivity contribution < 1.29 is 19.4 Å². The summed E-state index contributed by atoms with van der Waals surface area (Å²) in [6.07, 6.45) is -0.955. The number of ether oxygens (including phenoxy) is 2. The van der Waals surface area contributed by atoms with E-state index in [-0.39, 0.29) is 18.5 Å². The van der Waals surface area contributed by atoms with Crippen LogP contribution in [0.4, 0.5) is 0 Å². The summed E-state index contributed by atoms with van der Waals surface area (Å²) in [7, 11) is 0. The molecule has 2 aromatic rings. The highest BCUT2D eigenvalue weighted by molar-refractivity contribution is 6.44. The predicted octanol–water partition coefficient (Wildman–Crippen LogP) is 4.96. The lowest BCUT2D eigenvalue weighted by Crippen LogP contribution is -2.22. The van der Waals surface area contributed by atoms with Crippen LogP contribution < -0.4 is 4.74 Å². The summed E-state index contributed by atoms with van der Waals surface area (Å²) in [6, 6.07) is 16.8. The smallest absolute Gasteiger partial charge is 0.310 e. The summed E-state index contributed by atoms with van der Waals surface area (Å²) < 4.78 is 11.3. The zero-order chi connectivity index (χ0) is 19.6. The Morgan fingerprint density at radius 2 is 1.78 bits per heavy atom. The monoisotopic (exact) mass is 408 g/mol. The molecule has 6 heteroatoms. The van der Waals surface area contributed by atoms with E-state index in [0.29, 0.717) is 5.75 Å². The molecular weight excluding hydrogens is 387 g/mol. The van der Waals surface area contributed by atoms with E-state index in [4.69, 9.17) is 32.7 Å². The normalized spacial score (nSPS) is 21.6. The number of alkyl halides is 2. The Morgan fingerprint density at radius 3 is 2.44 bits per heavy atom. The maximum Gasteiger partial charge on any atom is 0.310 e. The van der Waals surface area contributed by atoms with Crippen molar-refractivity contribution in [2.45, 2.75) is 31.4 Å². The third-order valence-corrected chi connectivity index (χ3v) is 5.57. The van der Waals surface area contributed by atoms with E-state index < -0.39 is 22.3 Å². The van der Waals surface area contributed by atoms with Crippen LogP contribution >= 0.6 is 23.2 Å². The van der Waals surface area contributed by atoms with E-state index in [1.165, 1.54) is 0 Å². The first-order valence-corrected chi connectivity index (χ1v) is 9.62. The van der Waals surface area contributed by atoms with Crippen molar-refractivity contribution in [2.24, 2.45) is 17.3 Å². The molecule has 0 spiro atoms. The second-order valence-corrected chi connectivity index (χ2v) is 8.48. The molecule has 0 aromatic heterocycles. The number of aliphatic hydroxyl groups excluding tert-OH is 1. The lowest BCUT2D eigenvalue weighted by Gasteiger charge is -2.12. The SMILES string of the molecule is CC1(C)C(C(=O)OCc2cccc(Oc3ccccc3)c2)C1C(O)C(Cl)Cl. The van der Waals surface area contributed by atoms with E-state index in [1.54, 1.807) is 0 Å². The Balaban J connectivity index is 1.59. The molecule has 3 unspecified atom stereocenters. The summed E-state index contributed by atoms with van der Waals surface area (Å²) in [6.45, 7) is 3.93. The number of halogens is 2. The van der Waals surface area contributed by atoms with Gasteiger partial charge in [0.2, 0.25) is 0 Å². The van der Waals surface area contributed by atoms with E-state index in [2.05, 4.69) is 0 Å². The van der Waals surface area contributed by atoms with E-state index in [0.717, 1.165) is 11.3 Å². The van der Waals surface area contributed by atoms with Gasteiger partial charge >= 0.3 is 5.97 Å². The first kappa shape index (κ1) is 20.0. The lowest BCUT2D eigenvalue weighted by molar-refractivity contribution is -0.148. The molecule has 4 nitrogen and oxygen atoms in total. The lowest BCUT2D eigenvalue weighted by atomic mass is 10.1. The van der Waals surface area contributed by atoms with Gasteiger partial charge in [-0.05, 0) is 35.2 Å². The molecule has 0 aliphatic heterocycles. The molecule has 0 radical (unpaired) electrons. The Kier molecular flexibility index (Phi) is 5.99. The van der Waals surface area contributed by atoms with Crippen LogP contribution in [0.3, 0.4) is 0 Å². The molecule has 144 valence electrons.